The van der Waals surface area contributed by atoms with Gasteiger partial charge in [0.15, 0.2) is 5.58 Å². The Morgan fingerprint density at radius 3 is 1.88 bits per heavy atom. The summed E-state index contributed by atoms with van der Waals surface area (Å²) in [5.41, 5.74) is 12.6. The highest BCUT2D eigenvalue weighted by Crippen LogP contribution is 2.52. The van der Waals surface area contributed by atoms with Gasteiger partial charge in [-0.25, -0.2) is 0 Å². The van der Waals surface area contributed by atoms with Crippen LogP contribution in [0.15, 0.2) is 168 Å². The van der Waals surface area contributed by atoms with Gasteiger partial charge in [-0.3, -0.25) is 0 Å². The van der Waals surface area contributed by atoms with E-state index in [0.717, 1.165) is 44.6 Å². The predicted octanol–water partition coefficient (Wildman–Crippen LogP) is 13.3. The fourth-order valence-corrected chi connectivity index (χ4v) is 8.14. The van der Waals surface area contributed by atoms with E-state index < -0.39 is 0 Å². The van der Waals surface area contributed by atoms with E-state index >= 15 is 0 Å². The van der Waals surface area contributed by atoms with Crippen molar-refractivity contribution in [1.82, 2.24) is 0 Å². The van der Waals surface area contributed by atoms with Crippen molar-refractivity contribution >= 4 is 60.5 Å². The molecule has 8 aromatic carbocycles. The molecule has 1 aliphatic carbocycles. The van der Waals surface area contributed by atoms with Crippen LogP contribution in [0.25, 0.3) is 65.7 Å². The summed E-state index contributed by atoms with van der Waals surface area (Å²) in [7, 11) is 0. The molecule has 1 heterocycles. The monoisotopic (exact) mass is 627 g/mol. The maximum atomic E-state index is 6.66. The molecule has 10 rings (SSSR count). The van der Waals surface area contributed by atoms with Gasteiger partial charge in [-0.15, -0.1) is 0 Å². The van der Waals surface area contributed by atoms with Crippen molar-refractivity contribution < 1.29 is 4.42 Å². The first-order valence-electron chi connectivity index (χ1n) is 17.0. The number of nitrogens with zero attached hydrogens (tertiary/aromatic N) is 1. The third-order valence-corrected chi connectivity index (χ3v) is 10.6. The Morgan fingerprint density at radius 1 is 0.449 bits per heavy atom. The molecule has 0 atom stereocenters. The van der Waals surface area contributed by atoms with Gasteiger partial charge >= 0.3 is 0 Å². The molecule has 9 aromatic rings. The Morgan fingerprint density at radius 2 is 1.06 bits per heavy atom. The summed E-state index contributed by atoms with van der Waals surface area (Å²) < 4.78 is 6.66. The zero-order chi connectivity index (χ0) is 32.7. The standard InChI is InChI=1S/C47H33NO/c1-47(2)41-28-32-16-7-6-15-31(32)26-39(41)40-27-33-23-24-35(25-34(33)29-42(40)47)48(43-20-10-8-17-36(43)30-13-4-3-5-14-30)44-21-12-19-38-37-18-9-11-22-45(37)49-46(38)44/h3-29H,1-2H3. The first kappa shape index (κ1) is 27.9. The van der Waals surface area contributed by atoms with Crippen LogP contribution in [0.5, 0.6) is 0 Å². The van der Waals surface area contributed by atoms with Gasteiger partial charge in [-0.1, -0.05) is 123 Å². The molecular formula is C47H33NO. The van der Waals surface area contributed by atoms with Crippen LogP contribution in [-0.2, 0) is 5.41 Å². The third kappa shape index (κ3) is 4.20. The van der Waals surface area contributed by atoms with Crippen LogP contribution < -0.4 is 4.90 Å². The molecule has 0 unspecified atom stereocenters. The number of para-hydroxylation sites is 3. The molecule has 0 spiro atoms. The summed E-state index contributed by atoms with van der Waals surface area (Å²) in [6.45, 7) is 4.74. The van der Waals surface area contributed by atoms with E-state index in [1.807, 2.05) is 6.07 Å². The molecule has 0 bridgehead atoms. The van der Waals surface area contributed by atoms with Crippen LogP contribution in [-0.4, -0.2) is 0 Å². The molecule has 0 radical (unpaired) electrons. The maximum Gasteiger partial charge on any atom is 0.159 e. The molecule has 0 N–H and O–H groups in total. The second kappa shape index (κ2) is 10.4. The Hall–Kier alpha value is -6.12. The van der Waals surface area contributed by atoms with Gasteiger partial charge in [0.05, 0.1) is 11.4 Å². The van der Waals surface area contributed by atoms with Crippen molar-refractivity contribution in [2.24, 2.45) is 0 Å². The first-order valence-corrected chi connectivity index (χ1v) is 17.0. The van der Waals surface area contributed by atoms with Crippen molar-refractivity contribution in [1.29, 1.82) is 0 Å². The molecule has 0 fully saturated rings. The average Bonchev–Trinajstić information content (AvgIpc) is 3.63. The molecule has 0 aliphatic heterocycles. The first-order chi connectivity index (χ1) is 24.0. The minimum atomic E-state index is -0.113. The summed E-state index contributed by atoms with van der Waals surface area (Å²) in [5, 5.41) is 7.27. The summed E-state index contributed by atoms with van der Waals surface area (Å²) >= 11 is 0. The van der Waals surface area contributed by atoms with Gasteiger partial charge in [-0.2, -0.15) is 0 Å². The fourth-order valence-electron chi connectivity index (χ4n) is 8.14. The number of rotatable bonds is 4. The van der Waals surface area contributed by atoms with Gasteiger partial charge in [0.25, 0.3) is 0 Å². The minimum absolute atomic E-state index is 0.113. The maximum absolute atomic E-state index is 6.66. The molecule has 49 heavy (non-hydrogen) atoms. The van der Waals surface area contributed by atoms with Crippen molar-refractivity contribution in [3.05, 3.63) is 175 Å². The fraction of sp³-hybridized carbons (Fsp3) is 0.0638. The van der Waals surface area contributed by atoms with Crippen molar-refractivity contribution in [2.45, 2.75) is 19.3 Å². The SMILES string of the molecule is CC1(C)c2cc3ccccc3cc2-c2cc3ccc(N(c4ccccc4-c4ccccc4)c4cccc5c4oc4ccccc45)cc3cc21. The smallest absolute Gasteiger partial charge is 0.159 e. The number of anilines is 3. The predicted molar refractivity (Wildman–Crippen MR) is 206 cm³/mol. The lowest BCUT2D eigenvalue weighted by molar-refractivity contribution is 0.662. The minimum Gasteiger partial charge on any atom is -0.454 e. The van der Waals surface area contributed by atoms with E-state index in [1.54, 1.807) is 0 Å². The molecular weight excluding hydrogens is 595 g/mol. The van der Waals surface area contributed by atoms with E-state index in [4.69, 9.17) is 4.42 Å². The van der Waals surface area contributed by atoms with E-state index in [-0.39, 0.29) is 5.41 Å². The number of benzene rings is 8. The van der Waals surface area contributed by atoms with E-state index in [2.05, 4.69) is 176 Å². The van der Waals surface area contributed by atoms with Gasteiger partial charge < -0.3 is 9.32 Å². The Bertz CT molecular complexity index is 2750. The highest BCUT2D eigenvalue weighted by atomic mass is 16.3. The lowest BCUT2D eigenvalue weighted by Crippen LogP contribution is -2.15. The summed E-state index contributed by atoms with van der Waals surface area (Å²) in [4.78, 5) is 2.38. The van der Waals surface area contributed by atoms with Crippen LogP contribution in [0.2, 0.25) is 0 Å². The van der Waals surface area contributed by atoms with Gasteiger partial charge in [0.1, 0.15) is 5.58 Å². The Kier molecular flexibility index (Phi) is 5.95. The van der Waals surface area contributed by atoms with E-state index in [9.17, 15) is 0 Å². The number of fused-ring (bicyclic) bond motifs is 8. The highest BCUT2D eigenvalue weighted by molar-refractivity contribution is 6.11. The Labute approximate surface area is 285 Å². The third-order valence-electron chi connectivity index (χ3n) is 10.6. The number of hydrogen-bond donors (Lipinski definition) is 0. The summed E-state index contributed by atoms with van der Waals surface area (Å²) in [6.07, 6.45) is 0. The van der Waals surface area contributed by atoms with Crippen molar-refractivity contribution in [2.75, 3.05) is 4.90 Å². The van der Waals surface area contributed by atoms with E-state index in [1.165, 1.54) is 49.4 Å². The summed E-state index contributed by atoms with van der Waals surface area (Å²) in [5.74, 6) is 0. The van der Waals surface area contributed by atoms with Crippen LogP contribution in [0.1, 0.15) is 25.0 Å². The van der Waals surface area contributed by atoms with Crippen LogP contribution in [0.4, 0.5) is 17.1 Å². The second-order valence-electron chi connectivity index (χ2n) is 13.8. The van der Waals surface area contributed by atoms with Crippen molar-refractivity contribution in [3.63, 3.8) is 0 Å². The van der Waals surface area contributed by atoms with Crippen LogP contribution >= 0.6 is 0 Å². The number of furan rings is 1. The molecule has 0 saturated carbocycles. The molecule has 232 valence electrons. The normalized spacial score (nSPS) is 13.3. The lowest BCUT2D eigenvalue weighted by Gasteiger charge is -2.28. The lowest BCUT2D eigenvalue weighted by atomic mass is 9.81. The largest absolute Gasteiger partial charge is 0.454 e. The van der Waals surface area contributed by atoms with Gasteiger partial charge in [-0.05, 0) is 104 Å². The van der Waals surface area contributed by atoms with Gasteiger partial charge in [0.2, 0.25) is 0 Å². The van der Waals surface area contributed by atoms with Gasteiger partial charge in [0, 0.05) is 27.4 Å². The van der Waals surface area contributed by atoms with Crippen LogP contribution in [0.3, 0.4) is 0 Å². The average molecular weight is 628 g/mol. The highest BCUT2D eigenvalue weighted by Gasteiger charge is 2.36. The quantitative estimate of drug-likeness (QED) is 0.193. The zero-order valence-corrected chi connectivity index (χ0v) is 27.4. The van der Waals surface area contributed by atoms with Crippen LogP contribution in [0, 0.1) is 0 Å². The number of hydrogen-bond acceptors (Lipinski definition) is 2. The molecule has 1 aliphatic rings. The van der Waals surface area contributed by atoms with Crippen molar-refractivity contribution in [3.8, 4) is 22.3 Å². The van der Waals surface area contributed by atoms with E-state index in [0.29, 0.717) is 0 Å². The summed E-state index contributed by atoms with van der Waals surface area (Å²) in [6, 6.07) is 59.4. The topological polar surface area (TPSA) is 16.4 Å². The molecule has 0 amide bonds. The zero-order valence-electron chi connectivity index (χ0n) is 27.4. The molecule has 2 heteroatoms. The molecule has 0 saturated heterocycles. The molecule has 1 aromatic heterocycles. The molecule has 2 nitrogen and oxygen atoms in total. The second-order valence-corrected chi connectivity index (χ2v) is 13.8. The Balaban J connectivity index is 1.21.